The number of halogens is 1. The first kappa shape index (κ1) is 17.4. The van der Waals surface area contributed by atoms with Crippen molar-refractivity contribution in [3.05, 3.63) is 47.0 Å². The van der Waals surface area contributed by atoms with Gasteiger partial charge < -0.3 is 10.1 Å². The van der Waals surface area contributed by atoms with Crippen LogP contribution in [0.5, 0.6) is 0 Å². The van der Waals surface area contributed by atoms with Gasteiger partial charge in [-0.25, -0.2) is 9.67 Å². The normalized spacial score (nSPS) is 12.9. The van der Waals surface area contributed by atoms with Gasteiger partial charge in [-0.2, -0.15) is 0 Å². The number of methoxy groups -OCH3 is 1. The average Bonchev–Trinajstić information content (AvgIpc) is 2.96. The third-order valence-electron chi connectivity index (χ3n) is 3.27. The average molecular weight is 337 g/mol. The molecule has 0 aliphatic rings. The Hall–Kier alpha value is -1.92. The standard InChI is InChI=1S/C16H21ClN4O2/c1-16(2,3)21-10-18-14(20-21)15(22)19-13(9-23-4)11-6-5-7-12(17)8-11/h5-8,10,13H,9H2,1-4H3,(H,19,22). The Morgan fingerprint density at radius 1 is 1.43 bits per heavy atom. The van der Waals surface area contributed by atoms with E-state index in [4.69, 9.17) is 16.3 Å². The van der Waals surface area contributed by atoms with Crippen molar-refractivity contribution in [2.24, 2.45) is 0 Å². The van der Waals surface area contributed by atoms with Crippen LogP contribution >= 0.6 is 11.6 Å². The Balaban J connectivity index is 2.16. The van der Waals surface area contributed by atoms with E-state index in [1.54, 1.807) is 30.3 Å². The molecule has 1 heterocycles. The predicted molar refractivity (Wildman–Crippen MR) is 88.6 cm³/mol. The second-order valence-corrected chi connectivity index (χ2v) is 6.66. The Kier molecular flexibility index (Phi) is 5.38. The minimum atomic E-state index is -0.352. The summed E-state index contributed by atoms with van der Waals surface area (Å²) in [6.07, 6.45) is 1.56. The number of nitrogens with one attached hydrogen (secondary N) is 1. The summed E-state index contributed by atoms with van der Waals surface area (Å²) in [6.45, 7) is 6.29. The van der Waals surface area contributed by atoms with E-state index in [0.29, 0.717) is 11.6 Å². The number of aromatic nitrogens is 3. The lowest BCUT2D eigenvalue weighted by atomic mass is 10.1. The first-order chi connectivity index (χ1) is 10.8. The van der Waals surface area contributed by atoms with Crippen LogP contribution in [0.15, 0.2) is 30.6 Å². The van der Waals surface area contributed by atoms with Gasteiger partial charge in [-0.3, -0.25) is 4.79 Å². The number of amides is 1. The number of rotatable bonds is 5. The van der Waals surface area contributed by atoms with Crippen molar-refractivity contribution < 1.29 is 9.53 Å². The molecule has 7 heteroatoms. The SMILES string of the molecule is COCC(NC(=O)c1ncn(C(C)(C)C)n1)c1cccc(Cl)c1. The maximum absolute atomic E-state index is 12.4. The van der Waals surface area contributed by atoms with Crippen LogP contribution in [0.4, 0.5) is 0 Å². The van der Waals surface area contributed by atoms with Gasteiger partial charge in [0.1, 0.15) is 6.33 Å². The second-order valence-electron chi connectivity index (χ2n) is 6.22. The van der Waals surface area contributed by atoms with Crippen molar-refractivity contribution in [3.63, 3.8) is 0 Å². The molecule has 0 spiro atoms. The van der Waals surface area contributed by atoms with Crippen LogP contribution in [0.3, 0.4) is 0 Å². The Morgan fingerprint density at radius 2 is 2.17 bits per heavy atom. The molecule has 1 N–H and O–H groups in total. The minimum absolute atomic E-state index is 0.128. The van der Waals surface area contributed by atoms with E-state index in [2.05, 4.69) is 15.4 Å². The largest absolute Gasteiger partial charge is 0.382 e. The minimum Gasteiger partial charge on any atom is -0.382 e. The summed E-state index contributed by atoms with van der Waals surface area (Å²) in [7, 11) is 1.58. The molecule has 124 valence electrons. The maximum atomic E-state index is 12.4. The molecule has 0 radical (unpaired) electrons. The van der Waals surface area contributed by atoms with Gasteiger partial charge in [0.2, 0.25) is 5.82 Å². The summed E-state index contributed by atoms with van der Waals surface area (Å²) < 4.78 is 6.85. The van der Waals surface area contributed by atoms with Crippen molar-refractivity contribution in [1.29, 1.82) is 0 Å². The van der Waals surface area contributed by atoms with Crippen LogP contribution in [-0.2, 0) is 10.3 Å². The summed E-state index contributed by atoms with van der Waals surface area (Å²) >= 11 is 6.01. The third-order valence-corrected chi connectivity index (χ3v) is 3.51. The molecule has 2 rings (SSSR count). The van der Waals surface area contributed by atoms with Crippen molar-refractivity contribution in [2.75, 3.05) is 13.7 Å². The highest BCUT2D eigenvalue weighted by molar-refractivity contribution is 6.30. The fourth-order valence-corrected chi connectivity index (χ4v) is 2.22. The maximum Gasteiger partial charge on any atom is 0.291 e. The molecule has 23 heavy (non-hydrogen) atoms. The fraction of sp³-hybridized carbons (Fsp3) is 0.438. The van der Waals surface area contributed by atoms with Crippen LogP contribution in [0.2, 0.25) is 5.02 Å². The monoisotopic (exact) mass is 336 g/mol. The van der Waals surface area contributed by atoms with Gasteiger partial charge in [0, 0.05) is 12.1 Å². The molecule has 0 bridgehead atoms. The number of benzene rings is 1. The lowest BCUT2D eigenvalue weighted by Gasteiger charge is -2.19. The fourth-order valence-electron chi connectivity index (χ4n) is 2.02. The van der Waals surface area contributed by atoms with E-state index < -0.39 is 0 Å². The van der Waals surface area contributed by atoms with Crippen LogP contribution < -0.4 is 5.32 Å². The van der Waals surface area contributed by atoms with E-state index >= 15 is 0 Å². The number of hydrogen-bond acceptors (Lipinski definition) is 4. The van der Waals surface area contributed by atoms with Gasteiger partial charge in [0.15, 0.2) is 0 Å². The van der Waals surface area contributed by atoms with Crippen molar-refractivity contribution in [1.82, 2.24) is 20.1 Å². The van der Waals surface area contributed by atoms with E-state index in [0.717, 1.165) is 5.56 Å². The summed E-state index contributed by atoms with van der Waals surface area (Å²) in [5.74, 6) is -0.224. The molecule has 0 saturated heterocycles. The van der Waals surface area contributed by atoms with Gasteiger partial charge in [0.25, 0.3) is 5.91 Å². The smallest absolute Gasteiger partial charge is 0.291 e. The molecule has 1 unspecified atom stereocenters. The molecule has 1 aromatic heterocycles. The molecule has 0 aliphatic heterocycles. The molecule has 0 fully saturated rings. The Bertz CT molecular complexity index is 679. The van der Waals surface area contributed by atoms with E-state index in [1.165, 1.54) is 0 Å². The van der Waals surface area contributed by atoms with E-state index in [9.17, 15) is 4.79 Å². The first-order valence-corrected chi connectivity index (χ1v) is 7.66. The lowest BCUT2D eigenvalue weighted by Crippen LogP contribution is -2.32. The Labute approximate surface area is 140 Å². The third kappa shape index (κ3) is 4.53. The molecule has 2 aromatic rings. The van der Waals surface area contributed by atoms with Crippen molar-refractivity contribution >= 4 is 17.5 Å². The zero-order valence-corrected chi connectivity index (χ0v) is 14.5. The molecular formula is C16H21ClN4O2. The summed E-state index contributed by atoms with van der Waals surface area (Å²) in [4.78, 5) is 16.5. The second kappa shape index (κ2) is 7.10. The van der Waals surface area contributed by atoms with Crippen LogP contribution in [-0.4, -0.2) is 34.4 Å². The summed E-state index contributed by atoms with van der Waals surface area (Å²) in [5, 5.41) is 7.72. The highest BCUT2D eigenvalue weighted by atomic mass is 35.5. The first-order valence-electron chi connectivity index (χ1n) is 7.28. The number of ether oxygens (including phenoxy) is 1. The molecule has 0 aliphatic carbocycles. The summed E-state index contributed by atoms with van der Waals surface area (Å²) in [6, 6.07) is 6.97. The number of carbonyl (C=O) groups is 1. The zero-order chi connectivity index (χ0) is 17.0. The molecular weight excluding hydrogens is 316 g/mol. The molecule has 1 amide bonds. The van der Waals surface area contributed by atoms with E-state index in [1.807, 2.05) is 32.9 Å². The topological polar surface area (TPSA) is 69.0 Å². The summed E-state index contributed by atoms with van der Waals surface area (Å²) in [5.41, 5.74) is 0.632. The van der Waals surface area contributed by atoms with Crippen molar-refractivity contribution in [2.45, 2.75) is 32.4 Å². The predicted octanol–water partition coefficient (Wildman–Crippen LogP) is 2.80. The van der Waals surface area contributed by atoms with Crippen molar-refractivity contribution in [3.8, 4) is 0 Å². The van der Waals surface area contributed by atoms with Crippen LogP contribution in [0.25, 0.3) is 0 Å². The van der Waals surface area contributed by atoms with Gasteiger partial charge >= 0.3 is 0 Å². The number of hydrogen-bond donors (Lipinski definition) is 1. The quantitative estimate of drug-likeness (QED) is 0.911. The number of carbonyl (C=O) groups excluding carboxylic acids is 1. The van der Waals surface area contributed by atoms with E-state index in [-0.39, 0.29) is 23.3 Å². The highest BCUT2D eigenvalue weighted by Crippen LogP contribution is 2.18. The van der Waals surface area contributed by atoms with Gasteiger partial charge in [-0.1, -0.05) is 23.7 Å². The number of nitrogens with zero attached hydrogens (tertiary/aromatic N) is 3. The van der Waals surface area contributed by atoms with Crippen LogP contribution in [0, 0.1) is 0 Å². The highest BCUT2D eigenvalue weighted by Gasteiger charge is 2.21. The Morgan fingerprint density at radius 3 is 2.74 bits per heavy atom. The van der Waals surface area contributed by atoms with Gasteiger partial charge in [0.05, 0.1) is 18.2 Å². The lowest BCUT2D eigenvalue weighted by molar-refractivity contribution is 0.0885. The molecule has 0 saturated carbocycles. The van der Waals surface area contributed by atoms with Gasteiger partial charge in [-0.05, 0) is 38.5 Å². The van der Waals surface area contributed by atoms with Gasteiger partial charge in [-0.15, -0.1) is 5.10 Å². The molecule has 6 nitrogen and oxygen atoms in total. The zero-order valence-electron chi connectivity index (χ0n) is 13.7. The molecule has 1 aromatic carbocycles. The molecule has 1 atom stereocenters. The van der Waals surface area contributed by atoms with Crippen LogP contribution in [0.1, 0.15) is 43.0 Å².